The van der Waals surface area contributed by atoms with Gasteiger partial charge < -0.3 is 19.5 Å². The van der Waals surface area contributed by atoms with Gasteiger partial charge >= 0.3 is 0 Å². The average molecular weight is 593 g/mol. The quantitative estimate of drug-likeness (QED) is 0.307. The van der Waals surface area contributed by atoms with Crippen LogP contribution in [0.3, 0.4) is 0 Å². The van der Waals surface area contributed by atoms with Crippen LogP contribution in [0.1, 0.15) is 53.4 Å². The summed E-state index contributed by atoms with van der Waals surface area (Å²) in [5, 5.41) is 20.9. The van der Waals surface area contributed by atoms with E-state index in [1.165, 1.54) is 21.0 Å². The molecular weight excluding hydrogens is 547 g/mol. The Kier molecular flexibility index (Phi) is 9.87. The number of hydrogen-bond donors (Lipinski definition) is 1. The SMILES string of the molecule is COc1ccc([P+](CCCC(=O)NC2CC(C)(C)N([O])C(C)(C)C2)(c2ccc(OC)cc2)c2ccc(OC)cc2)cc1. The Morgan fingerprint density at radius 2 is 1.10 bits per heavy atom. The number of nitrogens with zero attached hydrogens (tertiary/aromatic N) is 1. The molecule has 1 amide bonds. The van der Waals surface area contributed by atoms with Crippen LogP contribution in [0.2, 0.25) is 0 Å². The molecule has 0 spiro atoms. The molecule has 0 bridgehead atoms. The van der Waals surface area contributed by atoms with Gasteiger partial charge in [-0.15, -0.1) is 10.3 Å². The summed E-state index contributed by atoms with van der Waals surface area (Å²) in [5.41, 5.74) is -1.06. The van der Waals surface area contributed by atoms with E-state index >= 15 is 0 Å². The topological polar surface area (TPSA) is 79.9 Å². The highest BCUT2D eigenvalue weighted by atomic mass is 31.2. The molecule has 3 aromatic carbocycles. The monoisotopic (exact) mass is 592 g/mol. The molecule has 225 valence electrons. The minimum Gasteiger partial charge on any atom is -0.497 e. The van der Waals surface area contributed by atoms with E-state index in [0.717, 1.165) is 23.4 Å². The van der Waals surface area contributed by atoms with Gasteiger partial charge in [0.1, 0.15) is 40.4 Å². The summed E-state index contributed by atoms with van der Waals surface area (Å²) >= 11 is 0. The lowest BCUT2D eigenvalue weighted by atomic mass is 9.79. The molecule has 1 heterocycles. The molecule has 0 unspecified atom stereocenters. The molecule has 1 aliphatic heterocycles. The highest BCUT2D eigenvalue weighted by molar-refractivity contribution is 7.95. The Morgan fingerprint density at radius 1 is 0.738 bits per heavy atom. The van der Waals surface area contributed by atoms with E-state index in [-0.39, 0.29) is 11.9 Å². The van der Waals surface area contributed by atoms with E-state index in [0.29, 0.717) is 25.7 Å². The summed E-state index contributed by atoms with van der Waals surface area (Å²) < 4.78 is 16.4. The zero-order valence-electron chi connectivity index (χ0n) is 26.0. The molecule has 4 rings (SSSR count). The first-order valence-corrected chi connectivity index (χ1v) is 16.5. The summed E-state index contributed by atoms with van der Waals surface area (Å²) in [4.78, 5) is 13.3. The van der Waals surface area contributed by atoms with E-state index in [1.807, 2.05) is 64.1 Å². The van der Waals surface area contributed by atoms with E-state index in [1.54, 1.807) is 21.3 Å². The molecule has 0 atom stereocenters. The number of carbonyl (C=O) groups is 1. The van der Waals surface area contributed by atoms with Gasteiger partial charge in [-0.2, -0.15) is 0 Å². The van der Waals surface area contributed by atoms with Crippen molar-refractivity contribution in [3.05, 3.63) is 72.8 Å². The Hall–Kier alpha value is -3.12. The van der Waals surface area contributed by atoms with Crippen molar-refractivity contribution < 1.29 is 24.2 Å². The summed E-state index contributed by atoms with van der Waals surface area (Å²) in [6, 6.07) is 25.0. The van der Waals surface area contributed by atoms with Gasteiger partial charge in [0.2, 0.25) is 5.91 Å². The molecule has 0 aromatic heterocycles. The van der Waals surface area contributed by atoms with Crippen LogP contribution < -0.4 is 35.4 Å². The standard InChI is InChI=1S/C34H44N2O5P/c1-33(2)23-25(24-34(3,4)36(33)38)35-32(37)9-8-22-42(29-16-10-26(39-5)11-17-29,30-18-12-27(40-6)13-19-30)31-20-14-28(41-7)15-21-31/h10-21,25H,8-9,22-24H2,1-7H3/p+1. The number of piperidine rings is 1. The third-order valence-electron chi connectivity index (χ3n) is 8.39. The number of nitrogens with one attached hydrogen (secondary N) is 1. The van der Waals surface area contributed by atoms with Crippen LogP contribution in [-0.4, -0.2) is 55.6 Å². The number of rotatable bonds is 11. The Bertz CT molecular complexity index is 1190. The molecule has 1 saturated heterocycles. The summed E-state index contributed by atoms with van der Waals surface area (Å²) in [6.45, 7) is 7.82. The summed E-state index contributed by atoms with van der Waals surface area (Å²) in [5.74, 6) is 2.44. The fourth-order valence-electron chi connectivity index (χ4n) is 6.49. The van der Waals surface area contributed by atoms with Crippen molar-refractivity contribution in [2.24, 2.45) is 0 Å². The van der Waals surface area contributed by atoms with Crippen LogP contribution >= 0.6 is 7.26 Å². The molecule has 1 N–H and O–H groups in total. The predicted molar refractivity (Wildman–Crippen MR) is 171 cm³/mol. The van der Waals surface area contributed by atoms with E-state index < -0.39 is 18.3 Å². The second-order valence-corrected chi connectivity index (χ2v) is 15.9. The molecule has 1 fully saturated rings. The van der Waals surface area contributed by atoms with Gasteiger partial charge in [0, 0.05) is 23.5 Å². The van der Waals surface area contributed by atoms with Crippen molar-refractivity contribution in [2.75, 3.05) is 27.5 Å². The lowest BCUT2D eigenvalue weighted by Gasteiger charge is -2.50. The maximum atomic E-state index is 13.3. The average Bonchev–Trinajstić information content (AvgIpc) is 2.98. The zero-order chi connectivity index (χ0) is 30.5. The van der Waals surface area contributed by atoms with Gasteiger partial charge in [0.25, 0.3) is 0 Å². The molecular formula is C34H45N2O5P+. The van der Waals surface area contributed by atoms with Gasteiger partial charge in [-0.3, -0.25) is 4.79 Å². The maximum Gasteiger partial charge on any atom is 0.220 e. The van der Waals surface area contributed by atoms with Crippen molar-refractivity contribution in [3.8, 4) is 17.2 Å². The zero-order valence-corrected chi connectivity index (χ0v) is 26.9. The fraction of sp³-hybridized carbons (Fsp3) is 0.441. The number of methoxy groups -OCH3 is 3. The van der Waals surface area contributed by atoms with Crippen molar-refractivity contribution in [1.82, 2.24) is 10.4 Å². The van der Waals surface area contributed by atoms with E-state index in [4.69, 9.17) is 14.2 Å². The molecule has 42 heavy (non-hydrogen) atoms. The first-order valence-electron chi connectivity index (χ1n) is 14.5. The lowest BCUT2D eigenvalue weighted by molar-refractivity contribution is -0.290. The number of amides is 1. The Morgan fingerprint density at radius 3 is 1.43 bits per heavy atom. The second kappa shape index (κ2) is 13.0. The van der Waals surface area contributed by atoms with Crippen LogP contribution in [-0.2, 0) is 10.0 Å². The summed E-state index contributed by atoms with van der Waals surface area (Å²) in [6.07, 6.45) is 3.18. The van der Waals surface area contributed by atoms with Crippen LogP contribution in [0.5, 0.6) is 17.2 Å². The van der Waals surface area contributed by atoms with Crippen molar-refractivity contribution >= 4 is 29.1 Å². The number of hydrogen-bond acceptors (Lipinski definition) is 5. The van der Waals surface area contributed by atoms with E-state index in [2.05, 4.69) is 41.7 Å². The van der Waals surface area contributed by atoms with Gasteiger partial charge in [-0.25, -0.2) is 0 Å². The minimum absolute atomic E-state index is 0.0305. The van der Waals surface area contributed by atoms with Gasteiger partial charge in [-0.1, -0.05) is 0 Å². The first kappa shape index (κ1) is 31.8. The first-order chi connectivity index (χ1) is 19.9. The third-order valence-corrected chi connectivity index (χ3v) is 12.9. The fourth-order valence-corrected chi connectivity index (χ4v) is 10.8. The highest BCUT2D eigenvalue weighted by Gasteiger charge is 2.47. The predicted octanol–water partition coefficient (Wildman–Crippen LogP) is 5.27. The highest BCUT2D eigenvalue weighted by Crippen LogP contribution is 2.56. The molecule has 3 aromatic rings. The van der Waals surface area contributed by atoms with Crippen LogP contribution in [0, 0.1) is 0 Å². The van der Waals surface area contributed by atoms with Crippen LogP contribution in [0.4, 0.5) is 0 Å². The largest absolute Gasteiger partial charge is 0.497 e. The number of ether oxygens (including phenoxy) is 3. The maximum absolute atomic E-state index is 13.3. The molecule has 1 radical (unpaired) electrons. The molecule has 0 aliphatic carbocycles. The summed E-state index contributed by atoms with van der Waals surface area (Å²) in [7, 11) is 2.83. The third kappa shape index (κ3) is 6.75. The van der Waals surface area contributed by atoms with Gasteiger partial charge in [0.05, 0.1) is 27.5 Å². The van der Waals surface area contributed by atoms with Crippen LogP contribution in [0.15, 0.2) is 72.8 Å². The Balaban J connectivity index is 1.65. The van der Waals surface area contributed by atoms with Gasteiger partial charge in [-0.05, 0) is 120 Å². The van der Waals surface area contributed by atoms with E-state index in [9.17, 15) is 10.0 Å². The number of carbonyl (C=O) groups excluding carboxylic acids is 1. The lowest BCUT2D eigenvalue weighted by Crippen LogP contribution is -2.62. The second-order valence-electron chi connectivity index (χ2n) is 12.3. The number of hydroxylamine groups is 2. The smallest absolute Gasteiger partial charge is 0.220 e. The van der Waals surface area contributed by atoms with Crippen molar-refractivity contribution in [2.45, 2.75) is 70.5 Å². The van der Waals surface area contributed by atoms with Crippen LogP contribution in [0.25, 0.3) is 0 Å². The van der Waals surface area contributed by atoms with Gasteiger partial charge in [0.15, 0.2) is 0 Å². The molecule has 8 heteroatoms. The minimum atomic E-state index is -2.19. The number of benzene rings is 3. The Labute approximate surface area is 251 Å². The van der Waals surface area contributed by atoms with Crippen molar-refractivity contribution in [3.63, 3.8) is 0 Å². The molecule has 0 saturated carbocycles. The normalized spacial score (nSPS) is 17.0. The molecule has 1 aliphatic rings. The molecule has 7 nitrogen and oxygen atoms in total. The van der Waals surface area contributed by atoms with Crippen molar-refractivity contribution in [1.29, 1.82) is 0 Å².